The number of aliphatic hydroxyl groups is 2. The Balaban J connectivity index is 1.52. The monoisotopic (exact) mass is 439 g/mol. The van der Waals surface area contributed by atoms with Crippen molar-refractivity contribution < 1.29 is 14.9 Å². The van der Waals surface area contributed by atoms with Crippen molar-refractivity contribution in [2.24, 2.45) is 7.05 Å². The zero-order valence-electron chi connectivity index (χ0n) is 17.6. The lowest BCUT2D eigenvalue weighted by Gasteiger charge is -2.44. The summed E-state index contributed by atoms with van der Waals surface area (Å²) in [6.07, 6.45) is 0. The van der Waals surface area contributed by atoms with Gasteiger partial charge in [0.05, 0.1) is 38.5 Å². The van der Waals surface area contributed by atoms with Crippen molar-refractivity contribution in [2.45, 2.75) is 19.0 Å². The van der Waals surface area contributed by atoms with Crippen LogP contribution in [0.15, 0.2) is 0 Å². The van der Waals surface area contributed by atoms with Crippen LogP contribution in [-0.4, -0.2) is 111 Å². The fourth-order valence-corrected chi connectivity index (χ4v) is 4.26. The van der Waals surface area contributed by atoms with Crippen LogP contribution >= 0.6 is 11.6 Å². The molecule has 0 amide bonds. The highest BCUT2D eigenvalue weighted by atomic mass is 35.5. The lowest BCUT2D eigenvalue weighted by molar-refractivity contribution is -0.0279. The number of ether oxygens (including phenoxy) is 1. The summed E-state index contributed by atoms with van der Waals surface area (Å²) in [5.74, 6) is 1.68. The second-order valence-electron chi connectivity index (χ2n) is 8.25. The number of fused-ring (bicyclic) bond motifs is 1. The smallest absolute Gasteiger partial charge is 0.226 e. The van der Waals surface area contributed by atoms with Crippen LogP contribution in [0.4, 0.5) is 5.82 Å². The molecule has 10 nitrogen and oxygen atoms in total. The van der Waals surface area contributed by atoms with Gasteiger partial charge in [0.15, 0.2) is 17.0 Å². The Morgan fingerprint density at radius 2 is 1.67 bits per heavy atom. The Hall–Kier alpha value is -1.56. The number of nitrogens with zero attached hydrogens (tertiary/aromatic N) is 7. The third-order valence-corrected chi connectivity index (χ3v) is 6.43. The summed E-state index contributed by atoms with van der Waals surface area (Å²) in [5, 5.41) is 19.5. The van der Waals surface area contributed by atoms with Gasteiger partial charge in [-0.05, 0) is 18.5 Å². The molecule has 0 aromatic carbocycles. The van der Waals surface area contributed by atoms with Crippen LogP contribution < -0.4 is 4.90 Å². The number of aryl methyl sites for hydroxylation is 1. The number of morpholine rings is 1. The molecule has 0 aliphatic carbocycles. The molecule has 0 bridgehead atoms. The number of imidazole rings is 1. The molecule has 2 aliphatic heterocycles. The number of rotatable bonds is 6. The predicted octanol–water partition coefficient (Wildman–Crippen LogP) is -0.286. The van der Waals surface area contributed by atoms with Crippen LogP contribution in [0.5, 0.6) is 0 Å². The van der Waals surface area contributed by atoms with Gasteiger partial charge in [-0.15, -0.1) is 0 Å². The average molecular weight is 440 g/mol. The summed E-state index contributed by atoms with van der Waals surface area (Å²) >= 11 is 6.22. The van der Waals surface area contributed by atoms with E-state index in [9.17, 15) is 10.2 Å². The summed E-state index contributed by atoms with van der Waals surface area (Å²) in [5.41, 5.74) is 0.924. The summed E-state index contributed by atoms with van der Waals surface area (Å²) in [6.45, 7) is 8.54. The Morgan fingerprint density at radius 1 is 1.00 bits per heavy atom. The first-order valence-electron chi connectivity index (χ1n) is 10.4. The van der Waals surface area contributed by atoms with Crippen molar-refractivity contribution in [3.05, 3.63) is 11.1 Å². The molecule has 166 valence electrons. The second-order valence-corrected chi connectivity index (χ2v) is 8.59. The molecule has 2 aromatic heterocycles. The number of halogens is 1. The highest BCUT2D eigenvalue weighted by molar-refractivity contribution is 6.28. The minimum absolute atomic E-state index is 0.0575. The molecular weight excluding hydrogens is 410 g/mol. The van der Waals surface area contributed by atoms with Crippen molar-refractivity contribution >= 4 is 28.6 Å². The maximum absolute atomic E-state index is 9.65. The minimum atomic E-state index is -0.580. The number of aromatic nitrogens is 4. The highest BCUT2D eigenvalue weighted by Gasteiger charge is 2.33. The molecule has 0 saturated carbocycles. The lowest BCUT2D eigenvalue weighted by Crippen LogP contribution is -2.59. The fourth-order valence-electron chi connectivity index (χ4n) is 4.10. The van der Waals surface area contributed by atoms with Crippen LogP contribution in [0.25, 0.3) is 11.2 Å². The van der Waals surface area contributed by atoms with Crippen molar-refractivity contribution in [1.29, 1.82) is 0 Å². The van der Waals surface area contributed by atoms with Gasteiger partial charge in [-0.1, -0.05) is 0 Å². The van der Waals surface area contributed by atoms with Crippen LogP contribution in [-0.2, 0) is 18.3 Å². The van der Waals surface area contributed by atoms with Crippen LogP contribution in [0.3, 0.4) is 0 Å². The third kappa shape index (κ3) is 4.12. The second kappa shape index (κ2) is 8.89. The van der Waals surface area contributed by atoms with E-state index in [1.807, 2.05) is 18.5 Å². The van der Waals surface area contributed by atoms with Gasteiger partial charge in [-0.2, -0.15) is 9.97 Å². The zero-order chi connectivity index (χ0) is 21.3. The molecule has 0 spiro atoms. The lowest BCUT2D eigenvalue weighted by atomic mass is 10.0. The zero-order valence-corrected chi connectivity index (χ0v) is 18.3. The van der Waals surface area contributed by atoms with Gasteiger partial charge in [0.2, 0.25) is 5.28 Å². The van der Waals surface area contributed by atoms with E-state index in [2.05, 4.69) is 24.7 Å². The first kappa shape index (κ1) is 21.7. The quantitative estimate of drug-likeness (QED) is 0.588. The number of aliphatic hydroxyl groups excluding tert-OH is 2. The Labute approximate surface area is 181 Å². The molecule has 0 unspecified atom stereocenters. The summed E-state index contributed by atoms with van der Waals surface area (Å²) in [7, 11) is 1.96. The summed E-state index contributed by atoms with van der Waals surface area (Å²) < 4.78 is 7.45. The van der Waals surface area contributed by atoms with Gasteiger partial charge in [0.1, 0.15) is 5.82 Å². The molecule has 0 atom stereocenters. The third-order valence-electron chi connectivity index (χ3n) is 6.26. The summed E-state index contributed by atoms with van der Waals surface area (Å²) in [4.78, 5) is 20.4. The minimum Gasteiger partial charge on any atom is -0.394 e. The van der Waals surface area contributed by atoms with E-state index < -0.39 is 5.54 Å². The van der Waals surface area contributed by atoms with Crippen molar-refractivity contribution in [1.82, 2.24) is 29.3 Å². The van der Waals surface area contributed by atoms with E-state index >= 15 is 0 Å². The van der Waals surface area contributed by atoms with Gasteiger partial charge >= 0.3 is 0 Å². The molecule has 4 rings (SSSR count). The maximum Gasteiger partial charge on any atom is 0.226 e. The van der Waals surface area contributed by atoms with Crippen LogP contribution in [0, 0.1) is 0 Å². The SMILES string of the molecule is Cn1c(CN2CCN(C(C)(CO)CO)CC2)nc2c(N3CCOCC3)nc(Cl)nc21. The normalized spacial score (nSPS) is 19.7. The van der Waals surface area contributed by atoms with E-state index in [1.54, 1.807) is 0 Å². The summed E-state index contributed by atoms with van der Waals surface area (Å²) in [6, 6.07) is 0. The molecule has 11 heteroatoms. The first-order valence-corrected chi connectivity index (χ1v) is 10.7. The highest BCUT2D eigenvalue weighted by Crippen LogP contribution is 2.27. The van der Waals surface area contributed by atoms with E-state index in [1.165, 1.54) is 0 Å². The average Bonchev–Trinajstić information content (AvgIpc) is 3.09. The Kier molecular flexibility index (Phi) is 6.42. The number of hydrogen-bond acceptors (Lipinski definition) is 9. The Morgan fingerprint density at radius 3 is 2.30 bits per heavy atom. The molecule has 4 heterocycles. The first-order chi connectivity index (χ1) is 14.4. The predicted molar refractivity (Wildman–Crippen MR) is 114 cm³/mol. The maximum atomic E-state index is 9.65. The molecule has 2 aliphatic rings. The van der Waals surface area contributed by atoms with Gasteiger partial charge in [-0.3, -0.25) is 9.80 Å². The topological polar surface area (TPSA) is 103 Å². The standard InChI is InChI=1S/C19H30ClN7O3/c1-19(12-28,13-29)27-5-3-25(4-6-27)11-14-21-15-16(24(14)2)22-18(20)23-17(15)26-7-9-30-10-8-26/h28-29H,3-13H2,1-2H3. The van der Waals surface area contributed by atoms with E-state index in [-0.39, 0.29) is 18.5 Å². The molecule has 2 N–H and O–H groups in total. The van der Waals surface area contributed by atoms with Crippen molar-refractivity contribution in [3.8, 4) is 0 Å². The van der Waals surface area contributed by atoms with E-state index in [0.29, 0.717) is 19.8 Å². The molecule has 2 fully saturated rings. The van der Waals surface area contributed by atoms with Gasteiger partial charge in [-0.25, -0.2) is 4.98 Å². The number of piperazine rings is 1. The van der Waals surface area contributed by atoms with Crippen LogP contribution in [0.2, 0.25) is 5.28 Å². The van der Waals surface area contributed by atoms with Gasteiger partial charge in [0, 0.05) is 46.3 Å². The molecule has 2 aromatic rings. The van der Waals surface area contributed by atoms with E-state index in [0.717, 1.165) is 62.1 Å². The van der Waals surface area contributed by atoms with Crippen molar-refractivity contribution in [3.63, 3.8) is 0 Å². The molecule has 30 heavy (non-hydrogen) atoms. The largest absolute Gasteiger partial charge is 0.394 e. The van der Waals surface area contributed by atoms with E-state index in [4.69, 9.17) is 21.3 Å². The van der Waals surface area contributed by atoms with Gasteiger partial charge < -0.3 is 24.4 Å². The fraction of sp³-hybridized carbons (Fsp3) is 0.737. The molecule has 0 radical (unpaired) electrons. The van der Waals surface area contributed by atoms with Crippen molar-refractivity contribution in [2.75, 3.05) is 70.6 Å². The van der Waals surface area contributed by atoms with Crippen LogP contribution in [0.1, 0.15) is 12.7 Å². The number of anilines is 1. The molecule has 2 saturated heterocycles. The van der Waals surface area contributed by atoms with Gasteiger partial charge in [0.25, 0.3) is 0 Å². The molecular formula is C19H30ClN7O3. The number of hydrogen-bond donors (Lipinski definition) is 2. The Bertz CT molecular complexity index is 875.